The fourth-order valence-electron chi connectivity index (χ4n) is 1.84. The van der Waals surface area contributed by atoms with E-state index in [1.165, 1.54) is 0 Å². The quantitative estimate of drug-likeness (QED) is 0.419. The summed E-state index contributed by atoms with van der Waals surface area (Å²) in [6.07, 6.45) is 2.56. The van der Waals surface area contributed by atoms with Crippen LogP contribution in [0.2, 0.25) is 0 Å². The number of aliphatic hydroxyl groups is 2. The van der Waals surface area contributed by atoms with E-state index in [1.54, 1.807) is 0 Å². The van der Waals surface area contributed by atoms with Crippen LogP contribution in [-0.2, 0) is 9.47 Å². The number of rotatable bonds is 14. The van der Waals surface area contributed by atoms with Crippen molar-refractivity contribution in [1.29, 1.82) is 0 Å². The van der Waals surface area contributed by atoms with Crippen LogP contribution in [0.25, 0.3) is 0 Å². The normalized spacial score (nSPS) is 14.7. The smallest absolute Gasteiger partial charge is 0.0897 e. The first kappa shape index (κ1) is 19.8. The molecule has 2 atom stereocenters. The van der Waals surface area contributed by atoms with Gasteiger partial charge < -0.3 is 25.0 Å². The largest absolute Gasteiger partial charge is 0.395 e. The summed E-state index contributed by atoms with van der Waals surface area (Å²) in [5, 5.41) is 22.1. The topological polar surface area (TPSA) is 71.0 Å². The summed E-state index contributed by atoms with van der Waals surface area (Å²) >= 11 is 0. The van der Waals surface area contributed by atoms with E-state index in [1.807, 2.05) is 0 Å². The van der Waals surface area contributed by atoms with Gasteiger partial charge in [0.1, 0.15) is 0 Å². The number of hydrogen-bond acceptors (Lipinski definition) is 5. The lowest BCUT2D eigenvalue weighted by molar-refractivity contribution is 0.00246. The van der Waals surface area contributed by atoms with E-state index in [0.29, 0.717) is 32.3 Å². The summed E-state index contributed by atoms with van der Waals surface area (Å²) in [6.45, 7) is 9.04. The maximum Gasteiger partial charge on any atom is 0.0897 e. The molecule has 20 heavy (non-hydrogen) atoms. The molecule has 0 radical (unpaired) electrons. The molecule has 5 nitrogen and oxygen atoms in total. The Labute approximate surface area is 123 Å². The van der Waals surface area contributed by atoms with E-state index < -0.39 is 6.10 Å². The van der Waals surface area contributed by atoms with Gasteiger partial charge in [0.25, 0.3) is 0 Å². The molecule has 0 aromatic rings. The molecule has 2 unspecified atom stereocenters. The van der Waals surface area contributed by atoms with Crippen LogP contribution in [-0.4, -0.2) is 61.9 Å². The van der Waals surface area contributed by atoms with Gasteiger partial charge in [0.2, 0.25) is 0 Å². The van der Waals surface area contributed by atoms with Crippen molar-refractivity contribution in [2.75, 3.05) is 39.6 Å². The number of aliphatic hydroxyl groups excluding tert-OH is 2. The predicted octanol–water partition coefficient (Wildman–Crippen LogP) is 1.18. The van der Waals surface area contributed by atoms with Crippen LogP contribution >= 0.6 is 0 Å². The maximum absolute atomic E-state index is 9.76. The van der Waals surface area contributed by atoms with Gasteiger partial charge in [-0.05, 0) is 18.8 Å². The van der Waals surface area contributed by atoms with Crippen LogP contribution in [0.4, 0.5) is 0 Å². The summed E-state index contributed by atoms with van der Waals surface area (Å²) in [7, 11) is 0. The van der Waals surface area contributed by atoms with Gasteiger partial charge in [-0.3, -0.25) is 0 Å². The molecular weight excluding hydrogens is 258 g/mol. The van der Waals surface area contributed by atoms with Crippen molar-refractivity contribution in [1.82, 2.24) is 5.32 Å². The number of hydrogen-bond donors (Lipinski definition) is 3. The highest BCUT2D eigenvalue weighted by Crippen LogP contribution is 2.04. The molecule has 5 heteroatoms. The van der Waals surface area contributed by atoms with E-state index in [0.717, 1.165) is 25.9 Å². The molecule has 0 bridgehead atoms. The Kier molecular flexibility index (Phi) is 13.6. The zero-order valence-electron chi connectivity index (χ0n) is 13.3. The van der Waals surface area contributed by atoms with Crippen LogP contribution in [0, 0.1) is 5.92 Å². The minimum absolute atomic E-state index is 0.0435. The van der Waals surface area contributed by atoms with Crippen molar-refractivity contribution in [3.8, 4) is 0 Å². The Morgan fingerprint density at radius 2 is 1.80 bits per heavy atom. The average Bonchev–Trinajstić information content (AvgIpc) is 2.42. The molecule has 0 aliphatic carbocycles. The van der Waals surface area contributed by atoms with E-state index in [-0.39, 0.29) is 12.6 Å². The van der Waals surface area contributed by atoms with Crippen molar-refractivity contribution in [3.63, 3.8) is 0 Å². The third kappa shape index (κ3) is 12.8. The standard InChI is InChI=1S/C15H33NO4/c1-4-5-6-19-7-8-20-12-15(18)10-16-14(11-17)9-13(2)3/h13-18H,4-12H2,1-3H3. The van der Waals surface area contributed by atoms with Crippen LogP contribution < -0.4 is 5.32 Å². The number of ether oxygens (including phenoxy) is 2. The van der Waals surface area contributed by atoms with Gasteiger partial charge in [-0.25, -0.2) is 0 Å². The lowest BCUT2D eigenvalue weighted by Gasteiger charge is -2.20. The molecule has 0 spiro atoms. The fourth-order valence-corrected chi connectivity index (χ4v) is 1.84. The number of unbranched alkanes of at least 4 members (excludes halogenated alkanes) is 1. The second-order valence-electron chi connectivity index (χ2n) is 5.61. The van der Waals surface area contributed by atoms with Crippen molar-refractivity contribution in [3.05, 3.63) is 0 Å². The molecule has 0 saturated heterocycles. The molecule has 0 aromatic carbocycles. The summed E-state index contributed by atoms with van der Waals surface area (Å²) in [4.78, 5) is 0. The zero-order valence-corrected chi connectivity index (χ0v) is 13.3. The summed E-state index contributed by atoms with van der Waals surface area (Å²) in [5.41, 5.74) is 0. The van der Waals surface area contributed by atoms with Crippen molar-refractivity contribution >= 4 is 0 Å². The third-order valence-electron chi connectivity index (χ3n) is 2.94. The first-order valence-electron chi connectivity index (χ1n) is 7.77. The minimum Gasteiger partial charge on any atom is -0.395 e. The number of nitrogens with one attached hydrogen (secondary N) is 1. The Morgan fingerprint density at radius 1 is 1.10 bits per heavy atom. The summed E-state index contributed by atoms with van der Waals surface area (Å²) < 4.78 is 10.7. The Hall–Kier alpha value is -0.200. The molecule has 0 amide bonds. The van der Waals surface area contributed by atoms with Crippen molar-refractivity contribution < 1.29 is 19.7 Å². The monoisotopic (exact) mass is 291 g/mol. The van der Waals surface area contributed by atoms with E-state index in [4.69, 9.17) is 9.47 Å². The summed E-state index contributed by atoms with van der Waals surface area (Å²) in [6, 6.07) is 0.0435. The molecular formula is C15H33NO4. The highest BCUT2D eigenvalue weighted by molar-refractivity contribution is 4.69. The van der Waals surface area contributed by atoms with E-state index >= 15 is 0 Å². The SMILES string of the molecule is CCCCOCCOCC(O)CNC(CO)CC(C)C. The first-order chi connectivity index (χ1) is 9.60. The Balaban J connectivity index is 3.45. The maximum atomic E-state index is 9.76. The molecule has 0 rings (SSSR count). The molecule has 0 saturated carbocycles. The predicted molar refractivity (Wildman–Crippen MR) is 80.9 cm³/mol. The fraction of sp³-hybridized carbons (Fsp3) is 1.00. The molecule has 122 valence electrons. The second kappa shape index (κ2) is 13.8. The van der Waals surface area contributed by atoms with Gasteiger partial charge in [-0.1, -0.05) is 27.2 Å². The van der Waals surface area contributed by atoms with Crippen LogP contribution in [0.5, 0.6) is 0 Å². The molecule has 0 aliphatic heterocycles. The summed E-state index contributed by atoms with van der Waals surface area (Å²) in [5.74, 6) is 0.522. The van der Waals surface area contributed by atoms with Crippen LogP contribution in [0.1, 0.15) is 40.0 Å². The molecule has 0 aromatic heterocycles. The molecule has 0 aliphatic rings. The van der Waals surface area contributed by atoms with Crippen LogP contribution in [0.3, 0.4) is 0 Å². The second-order valence-corrected chi connectivity index (χ2v) is 5.61. The van der Waals surface area contributed by atoms with Crippen LogP contribution in [0.15, 0.2) is 0 Å². The minimum atomic E-state index is -0.549. The third-order valence-corrected chi connectivity index (χ3v) is 2.94. The van der Waals surface area contributed by atoms with Gasteiger partial charge in [0, 0.05) is 19.2 Å². The lowest BCUT2D eigenvalue weighted by Crippen LogP contribution is -2.40. The molecule has 0 heterocycles. The molecule has 3 N–H and O–H groups in total. The zero-order chi connectivity index (χ0) is 15.2. The Bertz CT molecular complexity index is 202. The molecule has 0 fully saturated rings. The van der Waals surface area contributed by atoms with Gasteiger partial charge >= 0.3 is 0 Å². The highest BCUT2D eigenvalue weighted by Gasteiger charge is 2.11. The lowest BCUT2D eigenvalue weighted by atomic mass is 10.0. The van der Waals surface area contributed by atoms with E-state index in [2.05, 4.69) is 26.1 Å². The van der Waals surface area contributed by atoms with Gasteiger partial charge in [0.05, 0.1) is 32.5 Å². The Morgan fingerprint density at radius 3 is 2.40 bits per heavy atom. The average molecular weight is 291 g/mol. The van der Waals surface area contributed by atoms with Gasteiger partial charge in [0.15, 0.2) is 0 Å². The highest BCUT2D eigenvalue weighted by atomic mass is 16.5. The van der Waals surface area contributed by atoms with Gasteiger partial charge in [-0.2, -0.15) is 0 Å². The first-order valence-corrected chi connectivity index (χ1v) is 7.77. The van der Waals surface area contributed by atoms with E-state index in [9.17, 15) is 10.2 Å². The van der Waals surface area contributed by atoms with Crippen molar-refractivity contribution in [2.24, 2.45) is 5.92 Å². The van der Waals surface area contributed by atoms with Gasteiger partial charge in [-0.15, -0.1) is 0 Å². The van der Waals surface area contributed by atoms with Crippen molar-refractivity contribution in [2.45, 2.75) is 52.2 Å².